The summed E-state index contributed by atoms with van der Waals surface area (Å²) in [5.41, 5.74) is 0.853. The van der Waals surface area contributed by atoms with Gasteiger partial charge in [-0.05, 0) is 57.2 Å². The van der Waals surface area contributed by atoms with Crippen LogP contribution in [0.5, 0.6) is 0 Å². The van der Waals surface area contributed by atoms with Gasteiger partial charge in [0.05, 0.1) is 12.2 Å². The molecule has 1 rings (SSSR count). The third-order valence-corrected chi connectivity index (χ3v) is 7.19. The second-order valence-corrected chi connectivity index (χ2v) is 11.2. The fourth-order valence-electron chi connectivity index (χ4n) is 4.74. The van der Waals surface area contributed by atoms with Crippen molar-refractivity contribution in [3.63, 3.8) is 0 Å². The predicted octanol–water partition coefficient (Wildman–Crippen LogP) is 2.83. The Morgan fingerprint density at radius 2 is 1.30 bits per heavy atom. The summed E-state index contributed by atoms with van der Waals surface area (Å²) in [4.78, 5) is 74.8. The third-order valence-electron chi connectivity index (χ3n) is 7.19. The number of aromatic nitrogens is 1. The minimum Gasteiger partial charge on any atom is -0.481 e. The van der Waals surface area contributed by atoms with Gasteiger partial charge in [-0.2, -0.15) is 0 Å². The van der Waals surface area contributed by atoms with Crippen LogP contribution in [0, 0.1) is 0 Å². The average molecular weight is 838 g/mol. The number of nitrogens with one attached hydrogen (secondary N) is 3. The van der Waals surface area contributed by atoms with Crippen LogP contribution >= 0.6 is 0 Å². The van der Waals surface area contributed by atoms with Crippen LogP contribution in [0.4, 0.5) is 4.79 Å². The van der Waals surface area contributed by atoms with Gasteiger partial charge in [-0.1, -0.05) is 44.6 Å². The fraction of sp³-hybridized carbons (Fsp3) is 0.645. The van der Waals surface area contributed by atoms with Crippen LogP contribution in [0.3, 0.4) is 0 Å². The van der Waals surface area contributed by atoms with Crippen molar-refractivity contribution in [3.8, 4) is 0 Å². The molecule has 47 heavy (non-hydrogen) atoms. The van der Waals surface area contributed by atoms with Gasteiger partial charge in [0.1, 0.15) is 12.1 Å². The van der Waals surface area contributed by atoms with Crippen LogP contribution in [-0.4, -0.2) is 97.8 Å². The number of hydrogen-bond donors (Lipinski definition) is 7. The van der Waals surface area contributed by atoms with Crippen LogP contribution in [0.2, 0.25) is 0 Å². The number of pyridine rings is 1. The predicted molar refractivity (Wildman–Crippen MR) is 167 cm³/mol. The minimum absolute atomic E-state index is 0. The van der Waals surface area contributed by atoms with Gasteiger partial charge in [-0.15, -0.1) is 0 Å². The molecule has 1 aromatic rings. The molecule has 0 bridgehead atoms. The Bertz CT molecular complexity index is 1100. The van der Waals surface area contributed by atoms with Crippen LogP contribution in [0.15, 0.2) is 24.4 Å². The smallest absolute Gasteiger partial charge is 0.326 e. The van der Waals surface area contributed by atoms with E-state index in [0.717, 1.165) is 57.1 Å². The quantitative estimate of drug-likeness (QED) is 0.0634. The van der Waals surface area contributed by atoms with Crippen LogP contribution in [0.25, 0.3) is 0 Å². The molecule has 1 aromatic heterocycles. The molecular formula is C31H49N5O10Re. The Morgan fingerprint density at radius 3 is 1.85 bits per heavy atom. The summed E-state index contributed by atoms with van der Waals surface area (Å²) in [6.45, 7) is 1.57. The average Bonchev–Trinajstić information content (AvgIpc) is 2.99. The van der Waals surface area contributed by atoms with Crippen LogP contribution in [-0.2, 0) is 50.9 Å². The van der Waals surface area contributed by atoms with Crippen molar-refractivity contribution in [2.24, 2.45) is 0 Å². The van der Waals surface area contributed by atoms with E-state index in [1.165, 1.54) is 0 Å². The van der Waals surface area contributed by atoms with Crippen molar-refractivity contribution in [2.75, 3.05) is 19.6 Å². The van der Waals surface area contributed by atoms with Gasteiger partial charge in [0.2, 0.25) is 5.91 Å². The fourth-order valence-corrected chi connectivity index (χ4v) is 4.74. The maximum absolute atomic E-state index is 12.1. The summed E-state index contributed by atoms with van der Waals surface area (Å²) in [5, 5.41) is 43.4. The normalized spacial score (nSPS) is 11.9. The van der Waals surface area contributed by atoms with Crippen molar-refractivity contribution in [2.45, 2.75) is 109 Å². The molecule has 0 spiro atoms. The van der Waals surface area contributed by atoms with Crippen molar-refractivity contribution in [1.29, 1.82) is 0 Å². The van der Waals surface area contributed by atoms with Gasteiger partial charge in [0.25, 0.3) is 0 Å². The van der Waals surface area contributed by atoms with Crippen molar-refractivity contribution >= 4 is 35.8 Å². The summed E-state index contributed by atoms with van der Waals surface area (Å²) < 4.78 is 0. The van der Waals surface area contributed by atoms with Crippen molar-refractivity contribution in [3.05, 3.63) is 30.1 Å². The van der Waals surface area contributed by atoms with Gasteiger partial charge in [0.15, 0.2) is 0 Å². The second-order valence-electron chi connectivity index (χ2n) is 11.2. The summed E-state index contributed by atoms with van der Waals surface area (Å²) in [5.74, 6) is -4.87. The Kier molecular flexibility index (Phi) is 24.4. The van der Waals surface area contributed by atoms with E-state index < -0.39 is 48.4 Å². The Labute approximate surface area is 288 Å². The van der Waals surface area contributed by atoms with E-state index in [4.69, 9.17) is 10.2 Å². The SMILES string of the molecule is O=C(O)CC[C@H](NC(=O)N[C@@H](CCCCNC(=O)CCCCCCCCCCN(CC(=O)O)Cc1ccccn1)C(=O)O)C(=O)O.[Re]. The first-order valence-electron chi connectivity index (χ1n) is 15.8. The second kappa shape index (κ2) is 26.5. The van der Waals surface area contributed by atoms with Crippen LogP contribution < -0.4 is 16.0 Å². The summed E-state index contributed by atoms with van der Waals surface area (Å²) >= 11 is 0. The van der Waals surface area contributed by atoms with Crippen molar-refractivity contribution < 1.29 is 69.6 Å². The van der Waals surface area contributed by atoms with E-state index in [1.54, 1.807) is 6.20 Å². The molecular weight excluding hydrogens is 789 g/mol. The van der Waals surface area contributed by atoms with E-state index in [9.17, 15) is 39.0 Å². The molecule has 0 unspecified atom stereocenters. The molecule has 0 saturated heterocycles. The van der Waals surface area contributed by atoms with Gasteiger partial charge in [-0.25, -0.2) is 14.4 Å². The summed E-state index contributed by atoms with van der Waals surface area (Å²) in [7, 11) is 0. The Morgan fingerprint density at radius 1 is 0.702 bits per heavy atom. The van der Waals surface area contributed by atoms with E-state index in [0.29, 0.717) is 38.9 Å². The molecule has 1 heterocycles. The molecule has 265 valence electrons. The largest absolute Gasteiger partial charge is 0.481 e. The van der Waals surface area contributed by atoms with Gasteiger partial charge < -0.3 is 36.4 Å². The number of hydrogen-bond acceptors (Lipinski definition) is 8. The number of rotatable bonds is 27. The monoisotopic (exact) mass is 838 g/mol. The van der Waals surface area contributed by atoms with Crippen molar-refractivity contribution in [1.82, 2.24) is 25.8 Å². The molecule has 0 saturated carbocycles. The zero-order valence-corrected chi connectivity index (χ0v) is 29.4. The molecule has 2 atom stereocenters. The summed E-state index contributed by atoms with van der Waals surface area (Å²) in [6, 6.07) is 1.86. The number of urea groups is 1. The molecule has 0 aromatic carbocycles. The maximum Gasteiger partial charge on any atom is 0.326 e. The molecule has 0 aliphatic heterocycles. The molecule has 16 heteroatoms. The molecule has 0 aliphatic carbocycles. The summed E-state index contributed by atoms with van der Waals surface area (Å²) in [6.07, 6.45) is 10.2. The van der Waals surface area contributed by atoms with Gasteiger partial charge >= 0.3 is 29.9 Å². The van der Waals surface area contributed by atoms with Crippen LogP contribution in [0.1, 0.15) is 95.6 Å². The number of amides is 3. The Hall–Kier alpha value is -3.61. The number of aliphatic carboxylic acids is 4. The van der Waals surface area contributed by atoms with E-state index in [-0.39, 0.29) is 45.7 Å². The van der Waals surface area contributed by atoms with Gasteiger partial charge in [-0.3, -0.25) is 24.3 Å². The maximum atomic E-state index is 12.1. The van der Waals surface area contributed by atoms with E-state index in [2.05, 4.69) is 20.9 Å². The number of nitrogens with zero attached hydrogens (tertiary/aromatic N) is 2. The number of carboxylic acids is 4. The zero-order chi connectivity index (χ0) is 34.2. The number of unbranched alkanes of at least 4 members (excludes halogenated alkanes) is 8. The standard InChI is InChI=1S/C31H49N5O10.Re/c37-26(33-19-11-9-14-24(29(42)43)34-31(46)35-25(30(44)45)16-17-27(38)39)15-7-5-3-1-2-4-6-12-20-36(22-28(40)41)21-23-13-8-10-18-32-23;/h8,10,13,18,24-25H,1-7,9,11-12,14-17,19-22H2,(H,33,37)(H,38,39)(H,40,41)(H,42,43)(H,44,45)(H2,34,35,46);/t24-,25-;/m0./s1. The molecule has 0 aliphatic rings. The first-order chi connectivity index (χ1) is 22.0. The number of carbonyl (C=O) groups excluding carboxylic acids is 2. The minimum atomic E-state index is -1.47. The molecule has 0 fully saturated rings. The van der Waals surface area contributed by atoms with Gasteiger partial charge in [0, 0.05) is 52.6 Å². The molecule has 3 amide bonds. The van der Waals surface area contributed by atoms with E-state index >= 15 is 0 Å². The zero-order valence-electron chi connectivity index (χ0n) is 26.7. The molecule has 15 nitrogen and oxygen atoms in total. The number of carbonyl (C=O) groups is 6. The first kappa shape index (κ1) is 43.4. The Balaban J connectivity index is 0.0000212. The first-order valence-corrected chi connectivity index (χ1v) is 15.8. The van der Waals surface area contributed by atoms with E-state index in [1.807, 2.05) is 23.1 Å². The molecule has 7 N–H and O–H groups in total. The number of carboxylic acid groups (broad SMARTS) is 4. The topological polar surface area (TPSA) is 236 Å². The molecule has 1 radical (unpaired) electrons. The third kappa shape index (κ3) is 23.4.